The molecule has 0 saturated heterocycles. The van der Waals surface area contributed by atoms with E-state index in [4.69, 9.17) is 4.43 Å². The van der Waals surface area contributed by atoms with Crippen molar-refractivity contribution in [1.82, 2.24) is 0 Å². The molecule has 1 fully saturated rings. The summed E-state index contributed by atoms with van der Waals surface area (Å²) < 4.78 is 7.03. The Morgan fingerprint density at radius 1 is 0.935 bits per heavy atom. The van der Waals surface area contributed by atoms with Crippen LogP contribution in [0.2, 0.25) is 5.04 Å². The van der Waals surface area contributed by atoms with E-state index in [1.54, 1.807) is 0 Å². The Kier molecular flexibility index (Phi) is 5.87. The summed E-state index contributed by atoms with van der Waals surface area (Å²) in [6.07, 6.45) is 5.28. The summed E-state index contributed by atoms with van der Waals surface area (Å²) in [7, 11) is -2.62. The molecule has 0 unspecified atom stereocenters. The van der Waals surface area contributed by atoms with Gasteiger partial charge in [-0.05, 0) is 45.5 Å². The summed E-state index contributed by atoms with van der Waals surface area (Å²) in [5, 5.41) is 2.45. The van der Waals surface area contributed by atoms with Gasteiger partial charge in [-0.25, -0.2) is 0 Å². The summed E-state index contributed by atoms with van der Waals surface area (Å²) in [4.78, 5) is 13.1. The van der Waals surface area contributed by atoms with Crippen molar-refractivity contribution in [1.29, 1.82) is 0 Å². The fraction of sp³-hybridized carbons (Fsp3) is 0.464. The van der Waals surface area contributed by atoms with Crippen LogP contribution in [0.25, 0.3) is 0 Å². The highest BCUT2D eigenvalue weighted by atomic mass is 28.4. The van der Waals surface area contributed by atoms with Gasteiger partial charge in [-0.1, -0.05) is 101 Å². The zero-order valence-electron chi connectivity index (χ0n) is 19.7. The molecule has 0 aliphatic heterocycles. The van der Waals surface area contributed by atoms with Gasteiger partial charge in [0, 0.05) is 12.0 Å². The SMILES string of the molecule is CC1(C)C[C@@H]2CC(=O)C(CO[Si](c3ccccc3)(c3ccccc3)C(C)(C)C)=C[C@@H]2C1. The zero-order valence-corrected chi connectivity index (χ0v) is 20.7. The van der Waals surface area contributed by atoms with E-state index in [1.807, 2.05) is 0 Å². The predicted octanol–water partition coefficient (Wildman–Crippen LogP) is 5.51. The fourth-order valence-electron chi connectivity index (χ4n) is 5.96. The third kappa shape index (κ3) is 4.23. The third-order valence-corrected chi connectivity index (χ3v) is 12.3. The molecule has 0 radical (unpaired) electrons. The maximum atomic E-state index is 13.1. The lowest BCUT2D eigenvalue weighted by atomic mass is 9.82. The van der Waals surface area contributed by atoms with Crippen LogP contribution in [0.15, 0.2) is 72.3 Å². The molecule has 0 aromatic heterocycles. The number of allylic oxidation sites excluding steroid dienone is 1. The van der Waals surface area contributed by atoms with Crippen molar-refractivity contribution in [2.24, 2.45) is 17.3 Å². The second kappa shape index (κ2) is 8.18. The van der Waals surface area contributed by atoms with Gasteiger partial charge in [0.05, 0.1) is 6.61 Å². The molecule has 0 spiro atoms. The highest BCUT2D eigenvalue weighted by molar-refractivity contribution is 6.99. The number of fused-ring (bicyclic) bond motifs is 1. The molecule has 2 atom stereocenters. The van der Waals surface area contributed by atoms with Gasteiger partial charge in [0.25, 0.3) is 8.32 Å². The van der Waals surface area contributed by atoms with Crippen molar-refractivity contribution in [3.8, 4) is 0 Å². The highest BCUT2D eigenvalue weighted by Crippen LogP contribution is 2.49. The van der Waals surface area contributed by atoms with E-state index in [1.165, 1.54) is 16.8 Å². The van der Waals surface area contributed by atoms with Crippen molar-refractivity contribution in [2.45, 2.75) is 58.9 Å². The minimum absolute atomic E-state index is 0.0775. The number of carbonyl (C=O) groups excluding carboxylic acids is 1. The van der Waals surface area contributed by atoms with Crippen LogP contribution in [0.1, 0.15) is 53.9 Å². The molecule has 2 aromatic carbocycles. The fourth-order valence-corrected chi connectivity index (χ4v) is 10.5. The molecule has 3 heteroatoms. The van der Waals surface area contributed by atoms with E-state index in [9.17, 15) is 4.79 Å². The van der Waals surface area contributed by atoms with Gasteiger partial charge < -0.3 is 4.43 Å². The first kappa shape index (κ1) is 22.2. The van der Waals surface area contributed by atoms with Crippen molar-refractivity contribution < 1.29 is 9.22 Å². The van der Waals surface area contributed by atoms with Gasteiger partial charge in [0.15, 0.2) is 5.78 Å². The number of ketones is 1. The lowest BCUT2D eigenvalue weighted by molar-refractivity contribution is -0.117. The predicted molar refractivity (Wildman–Crippen MR) is 131 cm³/mol. The summed E-state index contributed by atoms with van der Waals surface area (Å²) in [5.41, 5.74) is 1.23. The molecule has 31 heavy (non-hydrogen) atoms. The van der Waals surface area contributed by atoms with E-state index < -0.39 is 8.32 Å². The first-order chi connectivity index (χ1) is 14.6. The van der Waals surface area contributed by atoms with Crippen LogP contribution in [0.3, 0.4) is 0 Å². The van der Waals surface area contributed by atoms with E-state index in [-0.39, 0.29) is 10.8 Å². The van der Waals surface area contributed by atoms with Crippen LogP contribution < -0.4 is 10.4 Å². The van der Waals surface area contributed by atoms with Crippen LogP contribution in [0, 0.1) is 17.3 Å². The maximum absolute atomic E-state index is 13.1. The number of hydrogen-bond acceptors (Lipinski definition) is 2. The average Bonchev–Trinajstić information content (AvgIpc) is 3.01. The molecule has 2 aliphatic carbocycles. The summed E-state index contributed by atoms with van der Waals surface area (Å²) in [5.74, 6) is 1.32. The largest absolute Gasteiger partial charge is 0.403 e. The molecule has 1 saturated carbocycles. The maximum Gasteiger partial charge on any atom is 0.261 e. The second-order valence-electron chi connectivity index (χ2n) is 11.3. The van der Waals surface area contributed by atoms with E-state index in [2.05, 4.69) is 101 Å². The van der Waals surface area contributed by atoms with Crippen molar-refractivity contribution >= 4 is 24.5 Å². The van der Waals surface area contributed by atoms with Gasteiger partial charge in [-0.2, -0.15) is 0 Å². The molecule has 2 nitrogen and oxygen atoms in total. The lowest BCUT2D eigenvalue weighted by Gasteiger charge is -2.43. The van der Waals surface area contributed by atoms with E-state index in [0.29, 0.717) is 30.3 Å². The summed E-state index contributed by atoms with van der Waals surface area (Å²) in [6, 6.07) is 21.4. The Labute approximate surface area is 188 Å². The number of rotatable bonds is 5. The van der Waals surface area contributed by atoms with Crippen LogP contribution in [-0.2, 0) is 9.22 Å². The van der Waals surface area contributed by atoms with E-state index in [0.717, 1.165) is 12.0 Å². The van der Waals surface area contributed by atoms with Crippen LogP contribution >= 0.6 is 0 Å². The number of benzene rings is 2. The quantitative estimate of drug-likeness (QED) is 0.582. The summed E-state index contributed by atoms with van der Waals surface area (Å²) >= 11 is 0. The molecular weight excluding hydrogens is 396 g/mol. The highest BCUT2D eigenvalue weighted by Gasteiger charge is 2.50. The second-order valence-corrected chi connectivity index (χ2v) is 15.6. The average molecular weight is 433 g/mol. The first-order valence-electron chi connectivity index (χ1n) is 11.6. The number of carbonyl (C=O) groups is 1. The van der Waals surface area contributed by atoms with Gasteiger partial charge in [-0.15, -0.1) is 0 Å². The van der Waals surface area contributed by atoms with Crippen molar-refractivity contribution in [3.05, 3.63) is 72.3 Å². The van der Waals surface area contributed by atoms with Gasteiger partial charge in [-0.3, -0.25) is 4.79 Å². The van der Waals surface area contributed by atoms with Gasteiger partial charge in [0.1, 0.15) is 0 Å². The number of hydrogen-bond donors (Lipinski definition) is 0. The van der Waals surface area contributed by atoms with Crippen LogP contribution in [0.4, 0.5) is 0 Å². The minimum atomic E-state index is -2.62. The Morgan fingerprint density at radius 2 is 1.48 bits per heavy atom. The van der Waals surface area contributed by atoms with Crippen molar-refractivity contribution in [2.75, 3.05) is 6.61 Å². The molecule has 0 amide bonds. The number of Topliss-reactive ketones (excluding diaryl/α,β-unsaturated/α-hetero) is 1. The first-order valence-corrected chi connectivity index (χ1v) is 13.5. The third-order valence-electron chi connectivity index (χ3n) is 7.29. The monoisotopic (exact) mass is 432 g/mol. The molecule has 2 aromatic rings. The smallest absolute Gasteiger partial charge is 0.261 e. The van der Waals surface area contributed by atoms with Crippen LogP contribution in [0.5, 0.6) is 0 Å². The van der Waals surface area contributed by atoms with E-state index >= 15 is 0 Å². The van der Waals surface area contributed by atoms with Gasteiger partial charge in [0.2, 0.25) is 0 Å². The molecule has 0 heterocycles. The van der Waals surface area contributed by atoms with Crippen molar-refractivity contribution in [3.63, 3.8) is 0 Å². The molecule has 0 N–H and O–H groups in total. The topological polar surface area (TPSA) is 26.3 Å². The Balaban J connectivity index is 1.72. The minimum Gasteiger partial charge on any atom is -0.403 e. The molecule has 4 rings (SSSR count). The lowest BCUT2D eigenvalue weighted by Crippen LogP contribution is -2.66. The molecule has 2 aliphatic rings. The molecule has 164 valence electrons. The standard InChI is InChI=1S/C28H36O2Si/c1-27(2,3)31(24-12-8-6-9-13-24,25-14-10-7-11-15-25)30-20-23-16-21-18-28(4,5)19-22(21)17-26(23)29/h6-16,21-22H,17-20H2,1-5H3/t21-,22+/m1/s1. The van der Waals surface area contributed by atoms with Crippen LogP contribution in [-0.4, -0.2) is 20.7 Å². The Morgan fingerprint density at radius 3 is 2.00 bits per heavy atom. The van der Waals surface area contributed by atoms with Gasteiger partial charge >= 0.3 is 0 Å². The molecule has 0 bridgehead atoms. The molecular formula is C28H36O2Si. The summed E-state index contributed by atoms with van der Waals surface area (Å²) in [6.45, 7) is 11.9. The normalized spacial score (nSPS) is 23.4. The Bertz CT molecular complexity index is 914. The Hall–Kier alpha value is -1.97. The zero-order chi connectivity index (χ0) is 22.3.